The van der Waals surface area contributed by atoms with E-state index in [1.807, 2.05) is 0 Å². The van der Waals surface area contributed by atoms with E-state index in [0.717, 1.165) is 0 Å². The van der Waals surface area contributed by atoms with Crippen molar-refractivity contribution in [3.05, 3.63) is 12.2 Å². The van der Waals surface area contributed by atoms with Gasteiger partial charge in [-0.15, -0.1) is 0 Å². The van der Waals surface area contributed by atoms with Gasteiger partial charge in [0.1, 0.15) is 0 Å². The summed E-state index contributed by atoms with van der Waals surface area (Å²) in [5, 5.41) is 0. The Hall–Kier alpha value is -1.00. The van der Waals surface area contributed by atoms with Crippen molar-refractivity contribution in [1.82, 2.24) is 12.3 Å². The third-order valence-electron chi connectivity index (χ3n) is 0.850. The second-order valence-electron chi connectivity index (χ2n) is 1.59. The van der Waals surface area contributed by atoms with Crippen molar-refractivity contribution in [2.75, 3.05) is 0 Å². The minimum atomic E-state index is -0.252. The zero-order valence-electron chi connectivity index (χ0n) is 6.44. The highest BCUT2D eigenvalue weighted by atomic mass is 16.1. The monoisotopic (exact) mass is 146 g/mol. The van der Waals surface area contributed by atoms with Gasteiger partial charge in [-0.05, 0) is 13.8 Å². The Morgan fingerprint density at radius 2 is 1.20 bits per heavy atom. The summed E-state index contributed by atoms with van der Waals surface area (Å²) in [5.74, 6) is -0.505. The molecule has 0 aromatic carbocycles. The molecule has 0 bridgehead atoms. The minimum Gasteiger partial charge on any atom is -0.344 e. The zero-order valence-corrected chi connectivity index (χ0v) is 6.44. The summed E-state index contributed by atoms with van der Waals surface area (Å²) in [6.45, 7) is 5.90. The largest absolute Gasteiger partial charge is 0.344 e. The predicted octanol–water partition coefficient (Wildman–Crippen LogP) is 1.04. The lowest BCUT2D eigenvalue weighted by atomic mass is 10.1. The van der Waals surface area contributed by atoms with Crippen molar-refractivity contribution in [1.29, 1.82) is 0 Å². The van der Waals surface area contributed by atoms with E-state index in [2.05, 4.69) is 6.58 Å². The molecule has 0 saturated heterocycles. The lowest BCUT2D eigenvalue weighted by Gasteiger charge is -1.88. The van der Waals surface area contributed by atoms with Crippen LogP contribution in [0.3, 0.4) is 0 Å². The SMILES string of the molecule is C=C(C(C)=O)C(C)=O.N.N. The molecule has 0 heterocycles. The molecular weight excluding hydrogens is 132 g/mol. The molecule has 0 fully saturated rings. The van der Waals surface area contributed by atoms with E-state index in [1.165, 1.54) is 13.8 Å². The van der Waals surface area contributed by atoms with E-state index in [9.17, 15) is 9.59 Å². The van der Waals surface area contributed by atoms with Gasteiger partial charge in [-0.1, -0.05) is 6.58 Å². The summed E-state index contributed by atoms with van der Waals surface area (Å²) in [7, 11) is 0. The summed E-state index contributed by atoms with van der Waals surface area (Å²) < 4.78 is 0. The molecule has 10 heavy (non-hydrogen) atoms. The second-order valence-corrected chi connectivity index (χ2v) is 1.59. The fourth-order valence-electron chi connectivity index (χ4n) is 0.248. The van der Waals surface area contributed by atoms with E-state index in [-0.39, 0.29) is 29.4 Å². The van der Waals surface area contributed by atoms with Crippen LogP contribution >= 0.6 is 0 Å². The highest BCUT2D eigenvalue weighted by molar-refractivity contribution is 6.17. The predicted molar refractivity (Wildman–Crippen MR) is 40.5 cm³/mol. The summed E-state index contributed by atoms with van der Waals surface area (Å²) in [6, 6.07) is 0. The summed E-state index contributed by atoms with van der Waals surface area (Å²) >= 11 is 0. The molecule has 0 unspecified atom stereocenters. The highest BCUT2D eigenvalue weighted by Gasteiger charge is 2.03. The minimum absolute atomic E-state index is 0. The fourth-order valence-corrected chi connectivity index (χ4v) is 0.248. The van der Waals surface area contributed by atoms with Crippen LogP contribution < -0.4 is 12.3 Å². The standard InChI is InChI=1S/C6H8O2.2H3N/c1-4(5(2)7)6(3)8;;/h1H2,2-3H3;2*1H3. The van der Waals surface area contributed by atoms with Crippen molar-refractivity contribution in [2.24, 2.45) is 0 Å². The number of rotatable bonds is 2. The van der Waals surface area contributed by atoms with Gasteiger partial charge < -0.3 is 12.3 Å². The normalized spacial score (nSPS) is 6.60. The quantitative estimate of drug-likeness (QED) is 0.345. The highest BCUT2D eigenvalue weighted by Crippen LogP contribution is 1.91. The maximum Gasteiger partial charge on any atom is 0.162 e. The number of allylic oxidation sites excluding steroid dienone is 1. The van der Waals surface area contributed by atoms with Gasteiger partial charge in [0.15, 0.2) is 11.6 Å². The fraction of sp³-hybridized carbons (Fsp3) is 0.333. The van der Waals surface area contributed by atoms with Gasteiger partial charge in [-0.2, -0.15) is 0 Å². The first-order valence-corrected chi connectivity index (χ1v) is 2.26. The maximum absolute atomic E-state index is 10.3. The Morgan fingerprint density at radius 3 is 1.20 bits per heavy atom. The Kier molecular flexibility index (Phi) is 9.80. The van der Waals surface area contributed by atoms with Crippen LogP contribution in [0.4, 0.5) is 0 Å². The molecular formula is C6H14N2O2. The summed E-state index contributed by atoms with van der Waals surface area (Å²) in [4.78, 5) is 20.5. The van der Waals surface area contributed by atoms with Crippen LogP contribution in [0.2, 0.25) is 0 Å². The van der Waals surface area contributed by atoms with E-state index in [1.54, 1.807) is 0 Å². The van der Waals surface area contributed by atoms with Gasteiger partial charge in [0.2, 0.25) is 0 Å². The summed E-state index contributed by atoms with van der Waals surface area (Å²) in [5.41, 5.74) is 0.0741. The third kappa shape index (κ3) is 5.14. The van der Waals surface area contributed by atoms with Crippen LogP contribution in [0.15, 0.2) is 12.2 Å². The van der Waals surface area contributed by atoms with Gasteiger partial charge >= 0.3 is 0 Å². The third-order valence-corrected chi connectivity index (χ3v) is 0.850. The molecule has 0 aromatic rings. The molecule has 4 heteroatoms. The van der Waals surface area contributed by atoms with Gasteiger partial charge in [0.05, 0.1) is 5.57 Å². The Bertz CT molecular complexity index is 136. The van der Waals surface area contributed by atoms with Crippen LogP contribution in [-0.4, -0.2) is 11.6 Å². The number of carbonyl (C=O) groups is 2. The average molecular weight is 146 g/mol. The van der Waals surface area contributed by atoms with Gasteiger partial charge in [0, 0.05) is 0 Å². The van der Waals surface area contributed by atoms with Crippen LogP contribution in [-0.2, 0) is 9.59 Å². The van der Waals surface area contributed by atoms with E-state index >= 15 is 0 Å². The number of Topliss-reactive ketones (excluding diaryl/α,β-unsaturated/α-hetero) is 2. The molecule has 0 rings (SSSR count). The van der Waals surface area contributed by atoms with Crippen molar-refractivity contribution < 1.29 is 9.59 Å². The van der Waals surface area contributed by atoms with Gasteiger partial charge in [-0.3, -0.25) is 9.59 Å². The molecule has 6 N–H and O–H groups in total. The Balaban J connectivity index is -0.000000245. The molecule has 0 aromatic heterocycles. The Labute approximate surface area is 60.5 Å². The first kappa shape index (κ1) is 16.0. The number of ketones is 2. The van der Waals surface area contributed by atoms with Crippen LogP contribution in [0.25, 0.3) is 0 Å². The topological polar surface area (TPSA) is 104 Å². The van der Waals surface area contributed by atoms with Crippen LogP contribution in [0.1, 0.15) is 13.8 Å². The number of hydrogen-bond acceptors (Lipinski definition) is 4. The lowest BCUT2D eigenvalue weighted by molar-refractivity contribution is -0.119. The van der Waals surface area contributed by atoms with Crippen molar-refractivity contribution in [3.8, 4) is 0 Å². The molecule has 0 aliphatic carbocycles. The lowest BCUT2D eigenvalue weighted by Crippen LogP contribution is -2.03. The molecule has 0 atom stereocenters. The summed E-state index contributed by atoms with van der Waals surface area (Å²) in [6.07, 6.45) is 0. The van der Waals surface area contributed by atoms with E-state index in [0.29, 0.717) is 0 Å². The van der Waals surface area contributed by atoms with E-state index < -0.39 is 0 Å². The zero-order chi connectivity index (χ0) is 6.73. The molecule has 4 nitrogen and oxygen atoms in total. The molecule has 0 aliphatic rings. The smallest absolute Gasteiger partial charge is 0.162 e. The molecule has 0 radical (unpaired) electrons. The van der Waals surface area contributed by atoms with Gasteiger partial charge in [-0.25, -0.2) is 0 Å². The molecule has 60 valence electrons. The Morgan fingerprint density at radius 1 is 1.00 bits per heavy atom. The molecule has 0 spiro atoms. The average Bonchev–Trinajstić information content (AvgIpc) is 1.64. The second kappa shape index (κ2) is 6.12. The van der Waals surface area contributed by atoms with Crippen molar-refractivity contribution in [2.45, 2.75) is 13.8 Å². The molecule has 0 amide bonds. The van der Waals surface area contributed by atoms with Crippen LogP contribution in [0.5, 0.6) is 0 Å². The van der Waals surface area contributed by atoms with Crippen molar-refractivity contribution >= 4 is 11.6 Å². The number of carbonyl (C=O) groups excluding carboxylic acids is 2. The van der Waals surface area contributed by atoms with Crippen molar-refractivity contribution in [3.63, 3.8) is 0 Å². The number of hydrogen-bond donors (Lipinski definition) is 2. The van der Waals surface area contributed by atoms with Gasteiger partial charge in [0.25, 0.3) is 0 Å². The van der Waals surface area contributed by atoms with E-state index in [4.69, 9.17) is 0 Å². The first-order chi connectivity index (χ1) is 3.55. The van der Waals surface area contributed by atoms with Crippen LogP contribution in [0, 0.1) is 0 Å². The maximum atomic E-state index is 10.3. The first-order valence-electron chi connectivity index (χ1n) is 2.26. The molecule has 0 aliphatic heterocycles. The molecule has 0 saturated carbocycles.